The molecule has 42 heavy (non-hydrogen) atoms. The number of aromatic nitrogens is 1. The molecule has 2 aliphatic carbocycles. The number of carbonyl (C=O) groups is 1. The van der Waals surface area contributed by atoms with E-state index in [0.29, 0.717) is 35.8 Å². The zero-order valence-electron chi connectivity index (χ0n) is 23.2. The van der Waals surface area contributed by atoms with Crippen molar-refractivity contribution in [3.8, 4) is 17.0 Å². The van der Waals surface area contributed by atoms with Crippen molar-refractivity contribution < 1.29 is 41.4 Å². The van der Waals surface area contributed by atoms with E-state index in [2.05, 4.69) is 16.0 Å². The zero-order valence-corrected chi connectivity index (χ0v) is 23.2. The molecule has 0 atom stereocenters. The number of nitrogens with zero attached hydrogens (tertiary/aromatic N) is 1. The molecule has 1 aromatic heterocycles. The minimum absolute atomic E-state index is 0.130. The zero-order chi connectivity index (χ0) is 29.4. The summed E-state index contributed by atoms with van der Waals surface area (Å²) in [6, 6.07) is 13.2. The maximum Gasteiger partial charge on any atom is 0.573 e. The summed E-state index contributed by atoms with van der Waals surface area (Å²) in [4.78, 5) is 11.9. The summed E-state index contributed by atoms with van der Waals surface area (Å²) < 4.78 is 66.6. The largest absolute Gasteiger partial charge is 0.573 e. The van der Waals surface area contributed by atoms with Crippen molar-refractivity contribution in [1.29, 1.82) is 0 Å². The maximum absolute atomic E-state index is 13.1. The van der Waals surface area contributed by atoms with Crippen LogP contribution in [0.2, 0.25) is 0 Å². The van der Waals surface area contributed by atoms with Gasteiger partial charge in [-0.15, -0.1) is 13.2 Å². The summed E-state index contributed by atoms with van der Waals surface area (Å²) in [5.41, 5.74) is 2.12. The van der Waals surface area contributed by atoms with Crippen molar-refractivity contribution in [2.24, 2.45) is 5.41 Å². The lowest BCUT2D eigenvalue weighted by Gasteiger charge is -2.52. The molecule has 0 amide bonds. The number of carbonyl (C=O) groups excluding carboxylic acids is 1. The number of hydrogen-bond acceptors (Lipinski definition) is 7. The predicted octanol–water partition coefficient (Wildman–Crippen LogP) is 7.46. The molecule has 2 saturated carbocycles. The Kier molecular flexibility index (Phi) is 7.61. The number of para-hydroxylation sites is 1. The van der Waals surface area contributed by atoms with E-state index in [1.54, 1.807) is 24.3 Å². The summed E-state index contributed by atoms with van der Waals surface area (Å²) in [6.45, 7) is 1.19. The second-order valence-corrected chi connectivity index (χ2v) is 11.5. The number of fused-ring (bicyclic) bond motifs is 3. The van der Waals surface area contributed by atoms with Gasteiger partial charge in [0.25, 0.3) is 0 Å². The molecule has 4 fully saturated rings. The maximum atomic E-state index is 13.1. The van der Waals surface area contributed by atoms with Crippen LogP contribution in [0.3, 0.4) is 0 Å². The van der Waals surface area contributed by atoms with Crippen LogP contribution in [0.5, 0.6) is 5.75 Å². The van der Waals surface area contributed by atoms with E-state index < -0.39 is 6.36 Å². The van der Waals surface area contributed by atoms with E-state index in [4.69, 9.17) is 18.7 Å². The van der Waals surface area contributed by atoms with Gasteiger partial charge in [0, 0.05) is 22.5 Å². The van der Waals surface area contributed by atoms with Crippen LogP contribution in [-0.2, 0) is 20.8 Å². The van der Waals surface area contributed by atoms with E-state index in [1.165, 1.54) is 19.2 Å². The summed E-state index contributed by atoms with van der Waals surface area (Å²) in [7, 11) is 1.36. The van der Waals surface area contributed by atoms with E-state index in [1.807, 2.05) is 18.2 Å². The second kappa shape index (κ2) is 11.2. The minimum atomic E-state index is -4.82. The summed E-state index contributed by atoms with van der Waals surface area (Å²) in [5, 5.41) is 4.16. The molecule has 2 aliphatic heterocycles. The average molecular weight is 584 g/mol. The van der Waals surface area contributed by atoms with E-state index in [9.17, 15) is 18.0 Å². The first kappa shape index (κ1) is 28.5. The molecule has 3 heterocycles. The van der Waals surface area contributed by atoms with Gasteiger partial charge >= 0.3 is 12.3 Å². The summed E-state index contributed by atoms with van der Waals surface area (Å²) in [6.07, 6.45) is 4.70. The Balaban J connectivity index is 1.11. The number of halogens is 3. The first-order chi connectivity index (χ1) is 20.2. The molecule has 0 unspecified atom stereocenters. The van der Waals surface area contributed by atoms with Gasteiger partial charge in [0.05, 0.1) is 38.1 Å². The fourth-order valence-electron chi connectivity index (χ4n) is 5.91. The number of rotatable bonds is 10. The molecule has 0 radical (unpaired) electrons. The Morgan fingerprint density at radius 1 is 1.10 bits per heavy atom. The first-order valence-electron chi connectivity index (χ1n) is 14.1. The Hall–Kier alpha value is -3.63. The van der Waals surface area contributed by atoms with Crippen LogP contribution in [-0.4, -0.2) is 43.4 Å². The van der Waals surface area contributed by atoms with Crippen molar-refractivity contribution in [2.75, 3.05) is 20.3 Å². The molecule has 222 valence electrons. The molecular formula is C32H32F3NO6. The molecule has 4 aliphatic rings. The van der Waals surface area contributed by atoms with Gasteiger partial charge in [-0.1, -0.05) is 41.6 Å². The van der Waals surface area contributed by atoms with Crippen LogP contribution in [0.25, 0.3) is 17.3 Å². The molecular weight excluding hydrogens is 551 g/mol. The highest BCUT2D eigenvalue weighted by atomic mass is 19.4. The Morgan fingerprint density at radius 3 is 2.57 bits per heavy atom. The number of methoxy groups -OCH3 is 1. The van der Waals surface area contributed by atoms with Gasteiger partial charge in [-0.2, -0.15) is 0 Å². The third-order valence-electron chi connectivity index (χ3n) is 8.50. The number of alkyl halides is 3. The monoisotopic (exact) mass is 583 g/mol. The standard InChI is InChI=1S/C32H32F3NO6/c1-38-29(37)23-6-4-5-21(17-23)11-12-31-15-13-30(14-16-31,20-40-31)19-39-18-25-27(36-42-28(25)22-9-10-22)24-7-2-3-8-26(24)41-32(33,34)35/h2-8,11-12,17,22H,9-10,13-16,18-20H2,1H3/b12-11+. The van der Waals surface area contributed by atoms with Crippen LogP contribution in [0.4, 0.5) is 13.2 Å². The Bertz CT molecular complexity index is 1450. The van der Waals surface area contributed by atoms with Gasteiger partial charge in [0.1, 0.15) is 17.2 Å². The average Bonchev–Trinajstić information content (AvgIpc) is 3.76. The minimum Gasteiger partial charge on any atom is -0.465 e. The molecule has 7 rings (SSSR count). The van der Waals surface area contributed by atoms with Crippen molar-refractivity contribution in [3.05, 3.63) is 77.1 Å². The van der Waals surface area contributed by atoms with Gasteiger partial charge in [0.2, 0.25) is 0 Å². The van der Waals surface area contributed by atoms with E-state index in [0.717, 1.165) is 44.1 Å². The Morgan fingerprint density at radius 2 is 1.88 bits per heavy atom. The fourth-order valence-corrected chi connectivity index (χ4v) is 5.91. The van der Waals surface area contributed by atoms with Crippen LogP contribution < -0.4 is 4.74 Å². The van der Waals surface area contributed by atoms with Crippen LogP contribution in [0, 0.1) is 5.41 Å². The molecule has 0 spiro atoms. The van der Waals surface area contributed by atoms with Crippen molar-refractivity contribution in [2.45, 2.75) is 63.0 Å². The molecule has 0 N–H and O–H groups in total. The number of hydrogen-bond donors (Lipinski definition) is 0. The molecule has 10 heteroatoms. The third kappa shape index (κ3) is 6.10. The highest BCUT2D eigenvalue weighted by molar-refractivity contribution is 5.90. The van der Waals surface area contributed by atoms with Crippen LogP contribution >= 0.6 is 0 Å². The lowest BCUT2D eigenvalue weighted by Crippen LogP contribution is -2.51. The van der Waals surface area contributed by atoms with Crippen molar-refractivity contribution in [1.82, 2.24) is 5.16 Å². The van der Waals surface area contributed by atoms with E-state index in [-0.39, 0.29) is 40.8 Å². The lowest BCUT2D eigenvalue weighted by atomic mass is 9.66. The van der Waals surface area contributed by atoms with Crippen molar-refractivity contribution in [3.63, 3.8) is 0 Å². The van der Waals surface area contributed by atoms with E-state index >= 15 is 0 Å². The van der Waals surface area contributed by atoms with Crippen LogP contribution in [0.15, 0.2) is 59.1 Å². The van der Waals surface area contributed by atoms with Crippen LogP contribution in [0.1, 0.15) is 71.7 Å². The summed E-state index contributed by atoms with van der Waals surface area (Å²) in [5.74, 6) is 0.177. The smallest absolute Gasteiger partial charge is 0.465 e. The number of ether oxygens (including phenoxy) is 4. The predicted molar refractivity (Wildman–Crippen MR) is 147 cm³/mol. The van der Waals surface area contributed by atoms with Gasteiger partial charge in [-0.25, -0.2) is 4.79 Å². The number of benzene rings is 2. The SMILES string of the molecule is COC(=O)c1cccc(/C=C/C23CCC(COCc4c(-c5ccccc5OC(F)(F)F)noc4C4CC4)(CC2)CO3)c1. The highest BCUT2D eigenvalue weighted by Crippen LogP contribution is 2.50. The van der Waals surface area contributed by atoms with Gasteiger partial charge < -0.3 is 23.5 Å². The lowest BCUT2D eigenvalue weighted by molar-refractivity contribution is -0.274. The number of esters is 1. The summed E-state index contributed by atoms with van der Waals surface area (Å²) >= 11 is 0. The van der Waals surface area contributed by atoms with Gasteiger partial charge in [-0.3, -0.25) is 0 Å². The molecule has 2 bridgehead atoms. The normalized spacial score (nSPS) is 23.8. The quantitative estimate of drug-likeness (QED) is 0.229. The van der Waals surface area contributed by atoms with Gasteiger partial charge in [-0.05, 0) is 68.4 Å². The first-order valence-corrected chi connectivity index (χ1v) is 14.1. The Labute approximate surface area is 241 Å². The second-order valence-electron chi connectivity index (χ2n) is 11.5. The molecule has 3 aromatic rings. The fraction of sp³-hybridized carbons (Fsp3) is 0.438. The highest BCUT2D eigenvalue weighted by Gasteiger charge is 2.49. The third-order valence-corrected chi connectivity index (χ3v) is 8.50. The molecule has 2 aromatic carbocycles. The van der Waals surface area contributed by atoms with Crippen molar-refractivity contribution >= 4 is 12.0 Å². The topological polar surface area (TPSA) is 80.0 Å². The molecule has 2 saturated heterocycles. The van der Waals surface area contributed by atoms with Gasteiger partial charge in [0.15, 0.2) is 0 Å². The molecule has 7 nitrogen and oxygen atoms in total.